The number of Topliss-reactive ketones (excluding diaryl/α,β-unsaturated/α-hetero) is 1. The fourth-order valence-corrected chi connectivity index (χ4v) is 3.80. The van der Waals surface area contributed by atoms with Crippen LogP contribution in [0, 0.1) is 6.92 Å². The Morgan fingerprint density at radius 3 is 2.92 bits per heavy atom. The normalized spacial score (nSPS) is 21.5. The van der Waals surface area contributed by atoms with Crippen LogP contribution in [0.25, 0.3) is 0 Å². The lowest BCUT2D eigenvalue weighted by Gasteiger charge is -2.32. The number of aryl methyl sites for hydroxylation is 1. The van der Waals surface area contributed by atoms with Crippen LogP contribution in [0.1, 0.15) is 36.7 Å². The Morgan fingerprint density at radius 1 is 1.20 bits per heavy atom. The Bertz CT molecular complexity index is 915. The summed E-state index contributed by atoms with van der Waals surface area (Å²) in [5.74, 6) is 2.99. The second-order valence-corrected chi connectivity index (χ2v) is 6.53. The molecule has 0 amide bonds. The van der Waals surface area contributed by atoms with E-state index in [9.17, 15) is 4.79 Å². The third-order valence-corrected chi connectivity index (χ3v) is 4.86. The number of aromatic nitrogens is 3. The molecular weight excluding hydrogens is 320 g/mol. The van der Waals surface area contributed by atoms with Gasteiger partial charge in [-0.25, -0.2) is 4.68 Å². The largest absolute Gasteiger partial charge is 0.486 e. The van der Waals surface area contributed by atoms with Crippen molar-refractivity contribution in [1.29, 1.82) is 0 Å². The summed E-state index contributed by atoms with van der Waals surface area (Å²) in [6, 6.07) is 5.56. The van der Waals surface area contributed by atoms with Gasteiger partial charge < -0.3 is 14.8 Å². The maximum Gasteiger partial charge on any atom is 0.226 e. The van der Waals surface area contributed by atoms with Crippen molar-refractivity contribution >= 4 is 11.7 Å². The average molecular weight is 338 g/mol. The Balaban J connectivity index is 1.69. The fourth-order valence-electron chi connectivity index (χ4n) is 3.80. The lowest BCUT2D eigenvalue weighted by atomic mass is 9.85. The van der Waals surface area contributed by atoms with Crippen LogP contribution in [0.5, 0.6) is 11.5 Å². The van der Waals surface area contributed by atoms with E-state index in [4.69, 9.17) is 9.47 Å². The highest BCUT2D eigenvalue weighted by atomic mass is 16.6. The SMILES string of the molecule is Cc1nc2n(n1)[C@@H](c1ccc3c(c1)OCCO3)C1=C(CCCC1=O)N2. The molecule has 1 atom stereocenters. The van der Waals surface area contributed by atoms with Gasteiger partial charge in [0.05, 0.1) is 0 Å². The molecule has 0 bridgehead atoms. The van der Waals surface area contributed by atoms with Crippen LogP contribution in [0.2, 0.25) is 0 Å². The van der Waals surface area contributed by atoms with Gasteiger partial charge >= 0.3 is 0 Å². The fraction of sp³-hybridized carbons (Fsp3) is 0.389. The molecule has 0 radical (unpaired) electrons. The van der Waals surface area contributed by atoms with Crippen LogP contribution < -0.4 is 14.8 Å². The molecule has 1 N–H and O–H groups in total. The molecule has 7 heteroatoms. The number of ether oxygens (including phenoxy) is 2. The van der Waals surface area contributed by atoms with Gasteiger partial charge in [-0.1, -0.05) is 6.07 Å². The van der Waals surface area contributed by atoms with Gasteiger partial charge in [-0.05, 0) is 37.5 Å². The predicted molar refractivity (Wildman–Crippen MR) is 89.8 cm³/mol. The van der Waals surface area contributed by atoms with Crippen LogP contribution in [-0.2, 0) is 4.79 Å². The summed E-state index contributed by atoms with van der Waals surface area (Å²) in [4.78, 5) is 17.2. The molecule has 1 aromatic carbocycles. The number of carbonyl (C=O) groups excluding carboxylic acids is 1. The number of anilines is 1. The molecule has 128 valence electrons. The highest BCUT2D eigenvalue weighted by molar-refractivity contribution is 5.99. The zero-order valence-corrected chi connectivity index (χ0v) is 13.9. The van der Waals surface area contributed by atoms with Crippen molar-refractivity contribution in [3.8, 4) is 11.5 Å². The number of nitrogens with one attached hydrogen (secondary N) is 1. The molecule has 0 saturated carbocycles. The van der Waals surface area contributed by atoms with E-state index in [0.29, 0.717) is 37.2 Å². The Kier molecular flexibility index (Phi) is 3.10. The van der Waals surface area contributed by atoms with Gasteiger partial charge in [-0.15, -0.1) is 0 Å². The second-order valence-electron chi connectivity index (χ2n) is 6.53. The van der Waals surface area contributed by atoms with Crippen LogP contribution in [0.3, 0.4) is 0 Å². The molecule has 1 aliphatic carbocycles. The zero-order chi connectivity index (χ0) is 17.0. The van der Waals surface area contributed by atoms with Gasteiger partial charge in [0, 0.05) is 17.7 Å². The molecular formula is C18H18N4O3. The van der Waals surface area contributed by atoms with E-state index < -0.39 is 0 Å². The Morgan fingerprint density at radius 2 is 2.04 bits per heavy atom. The zero-order valence-electron chi connectivity index (χ0n) is 13.9. The number of hydrogen-bond acceptors (Lipinski definition) is 6. The summed E-state index contributed by atoms with van der Waals surface area (Å²) in [6.07, 6.45) is 2.30. The summed E-state index contributed by atoms with van der Waals surface area (Å²) >= 11 is 0. The first kappa shape index (κ1) is 14.5. The highest BCUT2D eigenvalue weighted by Gasteiger charge is 2.37. The van der Waals surface area contributed by atoms with Crippen molar-refractivity contribution in [2.24, 2.45) is 0 Å². The van der Waals surface area contributed by atoms with Crippen molar-refractivity contribution in [2.45, 2.75) is 32.2 Å². The molecule has 1 aromatic heterocycles. The first-order valence-corrected chi connectivity index (χ1v) is 8.56. The Hall–Kier alpha value is -2.83. The van der Waals surface area contributed by atoms with Crippen molar-refractivity contribution < 1.29 is 14.3 Å². The van der Waals surface area contributed by atoms with E-state index in [0.717, 1.165) is 35.4 Å². The van der Waals surface area contributed by atoms with Crippen LogP contribution >= 0.6 is 0 Å². The van der Waals surface area contributed by atoms with Crippen molar-refractivity contribution in [3.63, 3.8) is 0 Å². The molecule has 2 aromatic rings. The molecule has 5 rings (SSSR count). The monoisotopic (exact) mass is 338 g/mol. The van der Waals surface area contributed by atoms with Crippen LogP contribution in [0.15, 0.2) is 29.5 Å². The van der Waals surface area contributed by atoms with Gasteiger partial charge in [0.25, 0.3) is 0 Å². The van der Waals surface area contributed by atoms with Gasteiger partial charge in [-0.2, -0.15) is 10.1 Å². The number of benzene rings is 1. The molecule has 0 fully saturated rings. The van der Waals surface area contributed by atoms with Crippen molar-refractivity contribution in [3.05, 3.63) is 40.9 Å². The lowest BCUT2D eigenvalue weighted by Crippen LogP contribution is -2.31. The van der Waals surface area contributed by atoms with Crippen molar-refractivity contribution in [2.75, 3.05) is 18.5 Å². The number of hydrogen-bond donors (Lipinski definition) is 1. The third-order valence-electron chi connectivity index (χ3n) is 4.86. The molecule has 25 heavy (non-hydrogen) atoms. The van der Waals surface area contributed by atoms with E-state index in [1.165, 1.54) is 0 Å². The number of carbonyl (C=O) groups is 1. The minimum atomic E-state index is -0.281. The summed E-state index contributed by atoms with van der Waals surface area (Å²) in [6.45, 7) is 2.94. The summed E-state index contributed by atoms with van der Waals surface area (Å²) in [7, 11) is 0. The van der Waals surface area contributed by atoms with E-state index in [2.05, 4.69) is 15.4 Å². The second kappa shape index (κ2) is 5.34. The lowest BCUT2D eigenvalue weighted by molar-refractivity contribution is -0.116. The minimum Gasteiger partial charge on any atom is -0.486 e. The van der Waals surface area contributed by atoms with E-state index in [1.807, 2.05) is 29.8 Å². The summed E-state index contributed by atoms with van der Waals surface area (Å²) in [5.41, 5.74) is 2.72. The Labute approximate surface area is 144 Å². The van der Waals surface area contributed by atoms with E-state index in [-0.39, 0.29) is 11.8 Å². The average Bonchev–Trinajstić information content (AvgIpc) is 2.99. The van der Waals surface area contributed by atoms with Gasteiger partial charge in [0.2, 0.25) is 5.95 Å². The predicted octanol–water partition coefficient (Wildman–Crippen LogP) is 2.38. The van der Waals surface area contributed by atoms with Crippen LogP contribution in [-0.4, -0.2) is 33.8 Å². The van der Waals surface area contributed by atoms with Crippen LogP contribution in [0.4, 0.5) is 5.95 Å². The maximum absolute atomic E-state index is 12.7. The molecule has 3 aliphatic rings. The number of allylic oxidation sites excluding steroid dienone is 2. The number of rotatable bonds is 1. The third kappa shape index (κ3) is 2.22. The van der Waals surface area contributed by atoms with E-state index in [1.54, 1.807) is 0 Å². The first-order chi connectivity index (χ1) is 12.2. The maximum atomic E-state index is 12.7. The molecule has 2 aliphatic heterocycles. The molecule has 0 saturated heterocycles. The topological polar surface area (TPSA) is 78.3 Å². The smallest absolute Gasteiger partial charge is 0.226 e. The number of fused-ring (bicyclic) bond motifs is 2. The van der Waals surface area contributed by atoms with Crippen molar-refractivity contribution in [1.82, 2.24) is 14.8 Å². The molecule has 3 heterocycles. The first-order valence-electron chi connectivity index (χ1n) is 8.56. The summed E-state index contributed by atoms with van der Waals surface area (Å²) < 4.78 is 13.1. The van der Waals surface area contributed by atoms with Gasteiger partial charge in [0.15, 0.2) is 17.3 Å². The van der Waals surface area contributed by atoms with E-state index >= 15 is 0 Å². The quantitative estimate of drug-likeness (QED) is 0.860. The molecule has 0 unspecified atom stereocenters. The van der Waals surface area contributed by atoms with Gasteiger partial charge in [0.1, 0.15) is 25.1 Å². The number of nitrogens with zero attached hydrogens (tertiary/aromatic N) is 3. The summed E-state index contributed by atoms with van der Waals surface area (Å²) in [5, 5.41) is 7.84. The molecule has 0 spiro atoms. The molecule has 7 nitrogen and oxygen atoms in total. The standard InChI is InChI=1S/C18H18N4O3/c1-10-19-18-20-12-3-2-4-13(23)16(12)17(22(18)21-10)11-5-6-14-15(9-11)25-8-7-24-14/h5-6,9,17H,2-4,7-8H2,1H3,(H,19,20,21)/t17-/m0/s1. The highest BCUT2D eigenvalue weighted by Crippen LogP contribution is 2.42. The van der Waals surface area contributed by atoms with Gasteiger partial charge in [-0.3, -0.25) is 4.79 Å². The number of ketones is 1. The minimum absolute atomic E-state index is 0.174.